The van der Waals surface area contributed by atoms with Gasteiger partial charge in [-0.25, -0.2) is 15.0 Å². The molecule has 4 aromatic rings. The number of carbonyl (C=O) groups is 3. The van der Waals surface area contributed by atoms with Crippen molar-refractivity contribution in [1.82, 2.24) is 15.0 Å². The number of para-hydroxylation sites is 4. The van der Waals surface area contributed by atoms with Crippen LogP contribution in [0.4, 0.5) is 22.7 Å². The molecule has 0 radical (unpaired) electrons. The number of amidine groups is 3. The number of amides is 3. The molecule has 2 unspecified atom stereocenters. The predicted octanol–water partition coefficient (Wildman–Crippen LogP) is 8.09. The van der Waals surface area contributed by atoms with Crippen LogP contribution < -0.4 is 9.80 Å². The Morgan fingerprint density at radius 1 is 0.607 bits per heavy atom. The predicted molar refractivity (Wildman–Crippen MR) is 228 cm³/mol. The molecule has 3 saturated heterocycles. The molecule has 284 valence electrons. The SMILES string of the molecule is O=C1C(CN2N=C3SCC(=O)N3N(CC3SC(=Nc4ccccc4)N(c4ccccc4)C3=O)C23CCCCCC3)SC(=Nc2ccccc2)N1c1ccccc1. The van der Waals surface area contributed by atoms with Gasteiger partial charge in [0, 0.05) is 6.54 Å². The first-order valence-corrected chi connectivity index (χ1v) is 21.7. The number of hydrogen-bond acceptors (Lipinski definition) is 11. The second-order valence-electron chi connectivity index (χ2n) is 14.1. The fourth-order valence-electron chi connectivity index (χ4n) is 7.94. The highest BCUT2D eigenvalue weighted by Gasteiger charge is 2.56. The highest BCUT2D eigenvalue weighted by Crippen LogP contribution is 2.46. The van der Waals surface area contributed by atoms with Crippen LogP contribution in [0.5, 0.6) is 0 Å². The molecule has 2 atom stereocenters. The maximum Gasteiger partial charge on any atom is 0.253 e. The minimum absolute atomic E-state index is 0.0515. The van der Waals surface area contributed by atoms with E-state index in [1.807, 2.05) is 121 Å². The van der Waals surface area contributed by atoms with Crippen molar-refractivity contribution in [3.8, 4) is 0 Å². The Hall–Kier alpha value is -4.89. The standard InChI is InChI=1S/C42H40N8O3S3/c51-36-29-54-41-45-46(27-34-37(52)48(32-21-11-5-12-22-32)39(55-34)43-30-17-7-3-8-18-30)42(25-15-1-2-16-26-42)47(50(36)41)28-35-38(53)49(33-23-13-6-14-24-33)40(56-35)44-31-19-9-4-10-20-31/h3-14,17-24,34-35H,1-2,15-16,25-29H2. The topological polar surface area (TPSA) is 104 Å². The van der Waals surface area contributed by atoms with E-state index in [2.05, 4.69) is 10.0 Å². The lowest BCUT2D eigenvalue weighted by atomic mass is 9.97. The molecular formula is C42H40N8O3S3. The molecule has 4 aromatic carbocycles. The zero-order valence-electron chi connectivity index (χ0n) is 30.6. The third kappa shape index (κ3) is 7.04. The number of hydrazine groups is 1. The van der Waals surface area contributed by atoms with Crippen molar-refractivity contribution in [3.05, 3.63) is 121 Å². The van der Waals surface area contributed by atoms with Crippen molar-refractivity contribution in [3.63, 3.8) is 0 Å². The third-order valence-corrected chi connectivity index (χ3v) is 13.7. The number of nitrogens with zero attached hydrogens (tertiary/aromatic N) is 8. The van der Waals surface area contributed by atoms with Crippen LogP contribution in [0.3, 0.4) is 0 Å². The third-order valence-electron chi connectivity index (χ3n) is 10.6. The van der Waals surface area contributed by atoms with Crippen molar-refractivity contribution in [1.29, 1.82) is 0 Å². The van der Waals surface area contributed by atoms with Crippen molar-refractivity contribution < 1.29 is 14.4 Å². The number of carbonyl (C=O) groups excluding carboxylic acids is 3. The molecule has 11 nitrogen and oxygen atoms in total. The van der Waals surface area contributed by atoms with Gasteiger partial charge in [0.2, 0.25) is 17.0 Å². The van der Waals surface area contributed by atoms with Crippen molar-refractivity contribution in [2.45, 2.75) is 54.7 Å². The summed E-state index contributed by atoms with van der Waals surface area (Å²) in [5.74, 6) is 0.0563. The van der Waals surface area contributed by atoms with Gasteiger partial charge in [-0.3, -0.25) is 29.2 Å². The van der Waals surface area contributed by atoms with E-state index in [1.165, 1.54) is 35.3 Å². The summed E-state index contributed by atoms with van der Waals surface area (Å²) < 4.78 is 0. The van der Waals surface area contributed by atoms with Gasteiger partial charge in [-0.05, 0) is 74.2 Å². The van der Waals surface area contributed by atoms with E-state index in [0.717, 1.165) is 61.3 Å². The Bertz CT molecular complexity index is 2180. The smallest absolute Gasteiger partial charge is 0.253 e. The molecule has 0 aromatic heterocycles. The number of hydrazone groups is 1. The highest BCUT2D eigenvalue weighted by atomic mass is 32.2. The lowest BCUT2D eigenvalue weighted by molar-refractivity contribution is -0.182. The van der Waals surface area contributed by atoms with Crippen LogP contribution in [0, 0.1) is 0 Å². The zero-order valence-corrected chi connectivity index (χ0v) is 33.0. The van der Waals surface area contributed by atoms with Crippen LogP contribution in [0.15, 0.2) is 136 Å². The zero-order chi connectivity index (χ0) is 38.1. The first-order chi connectivity index (χ1) is 27.5. The fraction of sp³-hybridized carbons (Fsp3) is 0.286. The number of fused-ring (bicyclic) bond motifs is 1. The number of rotatable bonds is 8. The highest BCUT2D eigenvalue weighted by molar-refractivity contribution is 8.16. The largest absolute Gasteiger partial charge is 0.273 e. The van der Waals surface area contributed by atoms with Gasteiger partial charge >= 0.3 is 0 Å². The maximum atomic E-state index is 14.6. The summed E-state index contributed by atoms with van der Waals surface area (Å²) in [5, 5.41) is 11.9. The first kappa shape index (κ1) is 36.7. The Morgan fingerprint density at radius 2 is 1.07 bits per heavy atom. The average Bonchev–Trinajstić information content (AvgIpc) is 3.76. The number of thioether (sulfide) groups is 3. The van der Waals surface area contributed by atoms with E-state index in [0.29, 0.717) is 22.0 Å². The van der Waals surface area contributed by atoms with E-state index >= 15 is 0 Å². The average molecular weight is 801 g/mol. The molecule has 0 N–H and O–H groups in total. The van der Waals surface area contributed by atoms with E-state index in [4.69, 9.17) is 15.1 Å². The molecule has 4 fully saturated rings. The monoisotopic (exact) mass is 800 g/mol. The molecular weight excluding hydrogens is 761 g/mol. The number of benzene rings is 4. The Balaban J connectivity index is 1.08. The summed E-state index contributed by atoms with van der Waals surface area (Å²) in [7, 11) is 0. The summed E-state index contributed by atoms with van der Waals surface area (Å²) >= 11 is 4.29. The van der Waals surface area contributed by atoms with Gasteiger partial charge in [0.25, 0.3) is 5.91 Å². The molecule has 14 heteroatoms. The van der Waals surface area contributed by atoms with Gasteiger partial charge in [-0.15, -0.1) is 5.10 Å². The summed E-state index contributed by atoms with van der Waals surface area (Å²) in [5.41, 5.74) is 2.29. The van der Waals surface area contributed by atoms with Gasteiger partial charge in [-0.2, -0.15) is 5.01 Å². The van der Waals surface area contributed by atoms with Crippen LogP contribution in [0.2, 0.25) is 0 Å². The number of hydrogen-bond donors (Lipinski definition) is 0. The fourth-order valence-corrected chi connectivity index (χ4v) is 11.1. The van der Waals surface area contributed by atoms with E-state index in [9.17, 15) is 14.4 Å². The summed E-state index contributed by atoms with van der Waals surface area (Å²) in [6.07, 6.45) is 5.44. The van der Waals surface area contributed by atoms with Crippen molar-refractivity contribution in [2.75, 3.05) is 28.6 Å². The minimum Gasteiger partial charge on any atom is -0.273 e. The molecule has 56 heavy (non-hydrogen) atoms. The molecule has 1 spiro atoms. The molecule has 0 bridgehead atoms. The Morgan fingerprint density at radius 3 is 1.57 bits per heavy atom. The minimum atomic E-state index is -0.740. The van der Waals surface area contributed by atoms with Crippen LogP contribution in [-0.4, -0.2) is 83.3 Å². The summed E-state index contributed by atoms with van der Waals surface area (Å²) in [4.78, 5) is 56.4. The van der Waals surface area contributed by atoms with Crippen molar-refractivity contribution in [2.24, 2.45) is 15.1 Å². The van der Waals surface area contributed by atoms with E-state index < -0.39 is 16.2 Å². The molecule has 1 saturated carbocycles. The normalized spacial score (nSPS) is 24.1. The van der Waals surface area contributed by atoms with Crippen LogP contribution >= 0.6 is 35.3 Å². The maximum absolute atomic E-state index is 14.6. The number of anilines is 2. The summed E-state index contributed by atoms with van der Waals surface area (Å²) in [6.45, 7) is 0.580. The van der Waals surface area contributed by atoms with E-state index in [-0.39, 0.29) is 30.0 Å². The van der Waals surface area contributed by atoms with Crippen molar-refractivity contribution >= 4 is 91.3 Å². The lowest BCUT2D eigenvalue weighted by Crippen LogP contribution is -2.70. The molecule has 9 rings (SSSR count). The first-order valence-electron chi connectivity index (χ1n) is 19.0. The molecule has 5 aliphatic rings. The van der Waals surface area contributed by atoms with Gasteiger partial charge in [0.05, 0.1) is 35.0 Å². The second-order valence-corrected chi connectivity index (χ2v) is 17.4. The molecule has 4 heterocycles. The molecule has 3 amide bonds. The van der Waals surface area contributed by atoms with Gasteiger partial charge in [0.15, 0.2) is 10.3 Å². The van der Waals surface area contributed by atoms with Gasteiger partial charge < -0.3 is 0 Å². The van der Waals surface area contributed by atoms with E-state index in [1.54, 1.807) is 14.8 Å². The molecule has 1 aliphatic carbocycles. The van der Waals surface area contributed by atoms with Gasteiger partial charge in [0.1, 0.15) is 16.2 Å². The number of aliphatic imine (C=N–C) groups is 2. The quantitative estimate of drug-likeness (QED) is 0.176. The molecule has 4 aliphatic heterocycles. The van der Waals surface area contributed by atoms with Crippen LogP contribution in [0.1, 0.15) is 38.5 Å². The Kier molecular flexibility index (Phi) is 10.4. The summed E-state index contributed by atoms with van der Waals surface area (Å²) in [6, 6.07) is 38.6. The van der Waals surface area contributed by atoms with Gasteiger partial charge in [-0.1, -0.05) is 121 Å². The second kappa shape index (κ2) is 15.9. The lowest BCUT2D eigenvalue weighted by Gasteiger charge is -2.55. The Labute approximate surface area is 338 Å². The van der Waals surface area contributed by atoms with Crippen LogP contribution in [0.25, 0.3) is 0 Å². The van der Waals surface area contributed by atoms with Crippen LogP contribution in [-0.2, 0) is 14.4 Å².